The number of amides is 2. The van der Waals surface area contributed by atoms with E-state index in [1.165, 1.54) is 4.90 Å². The molecular formula is C22H21FeNO4. The van der Waals surface area contributed by atoms with Crippen molar-refractivity contribution in [2.75, 3.05) is 13.2 Å². The SMILES string of the molecule is O=C1C2C3C=CC(C3)C2C(=O)N1CCOC([O-])=C1C=CC=C1.[Fe+2].c1cc[cH-]c1. The van der Waals surface area contributed by atoms with E-state index in [0.29, 0.717) is 5.57 Å². The van der Waals surface area contributed by atoms with Crippen LogP contribution in [0, 0.1) is 23.7 Å². The molecule has 5 nitrogen and oxygen atoms in total. The average molecular weight is 419 g/mol. The van der Waals surface area contributed by atoms with Gasteiger partial charge in [-0.15, -0.1) is 0 Å². The summed E-state index contributed by atoms with van der Waals surface area (Å²) in [5.74, 6) is -0.577. The van der Waals surface area contributed by atoms with E-state index in [2.05, 4.69) is 12.2 Å². The summed E-state index contributed by atoms with van der Waals surface area (Å²) < 4.78 is 5.14. The molecule has 0 aromatic heterocycles. The van der Waals surface area contributed by atoms with Crippen LogP contribution in [0.4, 0.5) is 0 Å². The van der Waals surface area contributed by atoms with Crippen LogP contribution in [0.5, 0.6) is 0 Å². The summed E-state index contributed by atoms with van der Waals surface area (Å²) >= 11 is 0. The Morgan fingerprint density at radius 2 is 1.64 bits per heavy atom. The van der Waals surface area contributed by atoms with Crippen LogP contribution in [0.15, 0.2) is 78.3 Å². The fraction of sp³-hybridized carbons (Fsp3) is 0.318. The van der Waals surface area contributed by atoms with Crippen molar-refractivity contribution in [3.8, 4) is 0 Å². The van der Waals surface area contributed by atoms with Gasteiger partial charge in [-0.05, 0) is 23.8 Å². The van der Waals surface area contributed by atoms with Gasteiger partial charge in [-0.3, -0.25) is 14.5 Å². The van der Waals surface area contributed by atoms with Gasteiger partial charge in [0.2, 0.25) is 11.8 Å². The Morgan fingerprint density at radius 1 is 1.07 bits per heavy atom. The standard InChI is InChI=1S/C17H17NO4.C5H5.Fe/c19-15-13-11-5-6-12(9-11)14(13)16(20)18(15)7-8-22-17(21)10-3-1-2-4-10;1-2-4-5-3-1;/h1-6,11-14,21H,7-9H2;1-5H;/q;-1;+2/p-1. The molecule has 1 heterocycles. The smallest absolute Gasteiger partial charge is 0.611 e. The molecule has 0 radical (unpaired) electrons. The van der Waals surface area contributed by atoms with E-state index in [4.69, 9.17) is 4.74 Å². The van der Waals surface area contributed by atoms with Crippen LogP contribution in [-0.4, -0.2) is 29.9 Å². The van der Waals surface area contributed by atoms with Gasteiger partial charge < -0.3 is 9.84 Å². The van der Waals surface area contributed by atoms with Gasteiger partial charge in [0, 0.05) is 13.2 Å². The Kier molecular flexibility index (Phi) is 6.32. The van der Waals surface area contributed by atoms with Crippen molar-refractivity contribution in [3.63, 3.8) is 0 Å². The predicted octanol–water partition coefficient (Wildman–Crippen LogP) is 1.91. The topological polar surface area (TPSA) is 69.7 Å². The number of rotatable bonds is 4. The minimum absolute atomic E-state index is 0. The van der Waals surface area contributed by atoms with Gasteiger partial charge in [0.15, 0.2) is 0 Å². The van der Waals surface area contributed by atoms with Crippen LogP contribution in [0.2, 0.25) is 0 Å². The van der Waals surface area contributed by atoms with Crippen molar-refractivity contribution < 1.29 is 36.5 Å². The third kappa shape index (κ3) is 3.75. The molecule has 3 aliphatic carbocycles. The zero-order valence-corrected chi connectivity index (χ0v) is 16.3. The summed E-state index contributed by atoms with van der Waals surface area (Å²) in [5.41, 5.74) is 0.484. The zero-order valence-electron chi connectivity index (χ0n) is 15.2. The molecule has 2 amide bonds. The number of hydrogen-bond acceptors (Lipinski definition) is 4. The summed E-state index contributed by atoms with van der Waals surface area (Å²) in [5, 5.41) is 11.7. The Morgan fingerprint density at radius 3 is 2.14 bits per heavy atom. The number of hydrogen-bond donors (Lipinski definition) is 0. The monoisotopic (exact) mass is 419 g/mol. The van der Waals surface area contributed by atoms with E-state index >= 15 is 0 Å². The predicted molar refractivity (Wildman–Crippen MR) is 97.7 cm³/mol. The van der Waals surface area contributed by atoms with E-state index in [9.17, 15) is 14.7 Å². The van der Waals surface area contributed by atoms with E-state index in [0.717, 1.165) is 6.42 Å². The molecule has 1 aromatic rings. The minimum Gasteiger partial charge on any atom is -0.611 e. The van der Waals surface area contributed by atoms with Crippen LogP contribution in [0.1, 0.15) is 6.42 Å². The number of ether oxygens (including phenoxy) is 1. The molecule has 0 spiro atoms. The second-order valence-corrected chi connectivity index (χ2v) is 7.10. The summed E-state index contributed by atoms with van der Waals surface area (Å²) in [6, 6.07) is 10.0. The first kappa shape index (κ1) is 20.3. The minimum atomic E-state index is -0.425. The molecule has 28 heavy (non-hydrogen) atoms. The van der Waals surface area contributed by atoms with E-state index in [-0.39, 0.29) is 65.7 Å². The first-order valence-electron chi connectivity index (χ1n) is 9.26. The Hall–Kier alpha value is -2.43. The van der Waals surface area contributed by atoms with Crippen LogP contribution in [0.3, 0.4) is 0 Å². The van der Waals surface area contributed by atoms with Crippen molar-refractivity contribution in [3.05, 3.63) is 78.3 Å². The van der Waals surface area contributed by atoms with Crippen molar-refractivity contribution in [2.45, 2.75) is 6.42 Å². The number of carbonyl (C=O) groups is 2. The molecule has 4 atom stereocenters. The Labute approximate surface area is 174 Å². The molecule has 2 fully saturated rings. The van der Waals surface area contributed by atoms with Gasteiger partial charge in [0.1, 0.15) is 0 Å². The summed E-state index contributed by atoms with van der Waals surface area (Å²) in [6.07, 6.45) is 11.9. The fourth-order valence-electron chi connectivity index (χ4n) is 4.33. The second kappa shape index (κ2) is 8.72. The van der Waals surface area contributed by atoms with Gasteiger partial charge in [-0.25, -0.2) is 12.1 Å². The molecule has 4 aliphatic rings. The fourth-order valence-corrected chi connectivity index (χ4v) is 4.33. The molecule has 6 heteroatoms. The molecule has 4 unspecified atom stereocenters. The van der Waals surface area contributed by atoms with Gasteiger partial charge >= 0.3 is 17.1 Å². The van der Waals surface area contributed by atoms with Gasteiger partial charge in [-0.2, -0.15) is 18.2 Å². The van der Waals surface area contributed by atoms with E-state index in [1.807, 2.05) is 30.3 Å². The summed E-state index contributed by atoms with van der Waals surface area (Å²) in [4.78, 5) is 26.1. The summed E-state index contributed by atoms with van der Waals surface area (Å²) in [6.45, 7) is 0.195. The molecule has 146 valence electrons. The maximum atomic E-state index is 12.4. The number of likely N-dealkylation sites (tertiary alicyclic amines) is 1. The number of imide groups is 1. The zero-order chi connectivity index (χ0) is 18.8. The molecule has 1 saturated carbocycles. The van der Waals surface area contributed by atoms with Crippen LogP contribution < -0.4 is 5.11 Å². The average Bonchev–Trinajstić information content (AvgIpc) is 3.49. The molecule has 1 saturated heterocycles. The molecule has 0 N–H and O–H groups in total. The van der Waals surface area contributed by atoms with E-state index in [1.54, 1.807) is 24.3 Å². The quantitative estimate of drug-likeness (QED) is 0.246. The van der Waals surface area contributed by atoms with Gasteiger partial charge in [0.25, 0.3) is 0 Å². The Balaban J connectivity index is 0.000000329. The van der Waals surface area contributed by atoms with Crippen molar-refractivity contribution in [1.29, 1.82) is 0 Å². The van der Waals surface area contributed by atoms with Crippen molar-refractivity contribution in [2.24, 2.45) is 23.7 Å². The maximum Gasteiger partial charge on any atom is 2.00 e. The van der Waals surface area contributed by atoms with Crippen LogP contribution >= 0.6 is 0 Å². The van der Waals surface area contributed by atoms with Gasteiger partial charge in [0.05, 0.1) is 17.8 Å². The van der Waals surface area contributed by atoms with Crippen LogP contribution in [0.25, 0.3) is 0 Å². The molecule has 5 rings (SSSR count). The molecule has 1 aromatic carbocycles. The van der Waals surface area contributed by atoms with Gasteiger partial charge in [-0.1, -0.05) is 36.5 Å². The number of nitrogens with zero attached hydrogens (tertiary/aromatic N) is 1. The number of carbonyl (C=O) groups excluding carboxylic acids is 2. The van der Waals surface area contributed by atoms with Crippen LogP contribution in [-0.2, 0) is 31.4 Å². The largest absolute Gasteiger partial charge is 2.00 e. The number of fused-ring (bicyclic) bond motifs is 5. The van der Waals surface area contributed by atoms with Crippen molar-refractivity contribution >= 4 is 11.8 Å². The summed E-state index contributed by atoms with van der Waals surface area (Å²) in [7, 11) is 0. The first-order chi connectivity index (χ1) is 13.2. The second-order valence-electron chi connectivity index (χ2n) is 7.10. The normalized spacial score (nSPS) is 28.3. The number of allylic oxidation sites excluding steroid dienone is 7. The first-order valence-corrected chi connectivity index (χ1v) is 9.26. The molecular weight excluding hydrogens is 398 g/mol. The Bertz CT molecular complexity index is 776. The molecule has 2 bridgehead atoms. The van der Waals surface area contributed by atoms with E-state index < -0.39 is 5.95 Å². The maximum absolute atomic E-state index is 12.4. The van der Waals surface area contributed by atoms with Crippen molar-refractivity contribution in [1.82, 2.24) is 4.90 Å². The molecule has 1 aliphatic heterocycles. The third-order valence-electron chi connectivity index (χ3n) is 5.56. The third-order valence-corrected chi connectivity index (χ3v) is 5.56.